The van der Waals surface area contributed by atoms with E-state index in [-0.39, 0.29) is 0 Å². The minimum Gasteiger partial charge on any atom is -0.399 e. The van der Waals surface area contributed by atoms with Crippen molar-refractivity contribution in [2.24, 2.45) is 0 Å². The van der Waals surface area contributed by atoms with Gasteiger partial charge in [0.1, 0.15) is 0 Å². The third-order valence-electron chi connectivity index (χ3n) is 3.58. The first-order valence-corrected chi connectivity index (χ1v) is 6.87. The summed E-state index contributed by atoms with van der Waals surface area (Å²) in [7, 11) is 0. The van der Waals surface area contributed by atoms with Gasteiger partial charge in [0.25, 0.3) is 0 Å². The lowest BCUT2D eigenvalue weighted by molar-refractivity contribution is 0.639. The predicted molar refractivity (Wildman–Crippen MR) is 82.0 cm³/mol. The summed E-state index contributed by atoms with van der Waals surface area (Å²) in [6.45, 7) is 5.77. The van der Waals surface area contributed by atoms with E-state index < -0.39 is 0 Å². The van der Waals surface area contributed by atoms with E-state index >= 15 is 0 Å². The van der Waals surface area contributed by atoms with Gasteiger partial charge in [-0.3, -0.25) is 0 Å². The van der Waals surface area contributed by atoms with Gasteiger partial charge in [0.15, 0.2) is 0 Å². The highest BCUT2D eigenvalue weighted by atomic mass is 15.3. The summed E-state index contributed by atoms with van der Waals surface area (Å²) >= 11 is 0. The molecule has 5 heteroatoms. The number of rotatable bonds is 2. The molecule has 3 rings (SSSR count). The molecule has 2 aromatic rings. The molecule has 0 unspecified atom stereocenters. The second-order valence-electron chi connectivity index (χ2n) is 5.07. The summed E-state index contributed by atoms with van der Waals surface area (Å²) in [5.74, 6) is 0.831. The lowest BCUT2D eigenvalue weighted by Gasteiger charge is -2.36. The highest BCUT2D eigenvalue weighted by Crippen LogP contribution is 2.20. The van der Waals surface area contributed by atoms with Gasteiger partial charge in [-0.05, 0) is 31.2 Å². The molecule has 1 aromatic heterocycles. The molecule has 0 amide bonds. The summed E-state index contributed by atoms with van der Waals surface area (Å²) in [4.78, 5) is 13.4. The second-order valence-corrected chi connectivity index (χ2v) is 5.07. The van der Waals surface area contributed by atoms with Crippen LogP contribution in [0, 0.1) is 6.92 Å². The van der Waals surface area contributed by atoms with Crippen LogP contribution in [0.1, 0.15) is 5.69 Å². The highest BCUT2D eigenvalue weighted by molar-refractivity contribution is 5.56. The van der Waals surface area contributed by atoms with Gasteiger partial charge in [-0.15, -0.1) is 0 Å². The van der Waals surface area contributed by atoms with Crippen molar-refractivity contribution in [3.8, 4) is 0 Å². The molecule has 2 N–H and O–H groups in total. The molecular weight excluding hydrogens is 250 g/mol. The molecule has 5 nitrogen and oxygen atoms in total. The molecule has 1 aliphatic rings. The molecule has 1 aromatic carbocycles. The van der Waals surface area contributed by atoms with E-state index in [9.17, 15) is 0 Å². The molecule has 104 valence electrons. The number of hydrogen-bond donors (Lipinski definition) is 1. The van der Waals surface area contributed by atoms with Crippen LogP contribution in [-0.4, -0.2) is 36.1 Å². The average Bonchev–Trinajstić information content (AvgIpc) is 2.47. The van der Waals surface area contributed by atoms with Gasteiger partial charge in [-0.25, -0.2) is 9.97 Å². The van der Waals surface area contributed by atoms with Crippen molar-refractivity contribution in [1.29, 1.82) is 0 Å². The zero-order chi connectivity index (χ0) is 13.9. The molecule has 1 saturated heterocycles. The smallest absolute Gasteiger partial charge is 0.225 e. The number of anilines is 3. The maximum absolute atomic E-state index is 5.84. The van der Waals surface area contributed by atoms with Gasteiger partial charge >= 0.3 is 0 Å². The third kappa shape index (κ3) is 2.66. The van der Waals surface area contributed by atoms with Gasteiger partial charge in [0.2, 0.25) is 5.95 Å². The molecule has 0 radical (unpaired) electrons. The van der Waals surface area contributed by atoms with Crippen molar-refractivity contribution in [3.63, 3.8) is 0 Å². The Hall–Kier alpha value is -2.30. The normalized spacial score (nSPS) is 15.4. The van der Waals surface area contributed by atoms with E-state index in [1.807, 2.05) is 37.4 Å². The second kappa shape index (κ2) is 5.36. The van der Waals surface area contributed by atoms with E-state index in [2.05, 4.69) is 25.8 Å². The largest absolute Gasteiger partial charge is 0.399 e. The molecule has 20 heavy (non-hydrogen) atoms. The lowest BCUT2D eigenvalue weighted by Crippen LogP contribution is -2.47. The monoisotopic (exact) mass is 269 g/mol. The maximum atomic E-state index is 5.84. The van der Waals surface area contributed by atoms with Gasteiger partial charge in [0.05, 0.1) is 0 Å². The minimum atomic E-state index is 0.812. The molecule has 0 aliphatic carbocycles. The number of nitrogens with zero attached hydrogens (tertiary/aromatic N) is 4. The van der Waals surface area contributed by atoms with E-state index in [0.717, 1.165) is 43.5 Å². The van der Waals surface area contributed by atoms with Gasteiger partial charge < -0.3 is 15.5 Å². The van der Waals surface area contributed by atoms with E-state index in [1.165, 1.54) is 5.69 Å². The number of benzene rings is 1. The van der Waals surface area contributed by atoms with Crippen LogP contribution in [0.4, 0.5) is 17.3 Å². The summed E-state index contributed by atoms with van der Waals surface area (Å²) in [5.41, 5.74) is 8.85. The van der Waals surface area contributed by atoms with Crippen molar-refractivity contribution < 1.29 is 0 Å². The fraction of sp³-hybridized carbons (Fsp3) is 0.333. The Labute approximate surface area is 119 Å². The molecule has 1 aliphatic heterocycles. The van der Waals surface area contributed by atoms with Crippen molar-refractivity contribution in [2.45, 2.75) is 6.92 Å². The average molecular weight is 269 g/mol. The van der Waals surface area contributed by atoms with Crippen molar-refractivity contribution in [3.05, 3.63) is 42.2 Å². The predicted octanol–water partition coefficient (Wildman–Crippen LogP) is 1.69. The molecule has 1 fully saturated rings. The maximum Gasteiger partial charge on any atom is 0.225 e. The molecule has 0 spiro atoms. The molecule has 0 atom stereocenters. The zero-order valence-corrected chi connectivity index (χ0v) is 11.7. The molecule has 2 heterocycles. The Bertz CT molecular complexity index is 537. The Morgan fingerprint density at radius 1 is 1.05 bits per heavy atom. The van der Waals surface area contributed by atoms with Crippen LogP contribution in [0.3, 0.4) is 0 Å². The minimum absolute atomic E-state index is 0.812. The summed E-state index contributed by atoms with van der Waals surface area (Å²) in [6.07, 6.45) is 1.82. The van der Waals surface area contributed by atoms with Crippen LogP contribution in [0.2, 0.25) is 0 Å². The van der Waals surface area contributed by atoms with E-state index in [0.29, 0.717) is 0 Å². The summed E-state index contributed by atoms with van der Waals surface area (Å²) in [6, 6.07) is 9.97. The van der Waals surface area contributed by atoms with Crippen LogP contribution in [0.25, 0.3) is 0 Å². The summed E-state index contributed by atoms with van der Waals surface area (Å²) in [5, 5.41) is 0. The number of piperazine rings is 1. The Balaban J connectivity index is 1.68. The number of nitrogens with two attached hydrogens (primary N) is 1. The standard InChI is InChI=1S/C15H19N5/c1-12-5-6-17-15(18-12)20-9-7-19(8-10-20)14-4-2-3-13(16)11-14/h2-6,11H,7-10,16H2,1H3. The highest BCUT2D eigenvalue weighted by Gasteiger charge is 2.19. The zero-order valence-electron chi connectivity index (χ0n) is 11.7. The Morgan fingerprint density at radius 3 is 2.50 bits per heavy atom. The number of aryl methyl sites for hydroxylation is 1. The first kappa shape index (κ1) is 12.7. The van der Waals surface area contributed by atoms with Gasteiger partial charge in [-0.1, -0.05) is 6.07 Å². The fourth-order valence-corrected chi connectivity index (χ4v) is 2.47. The van der Waals surface area contributed by atoms with Gasteiger partial charge in [-0.2, -0.15) is 0 Å². The number of nitrogen functional groups attached to an aromatic ring is 1. The van der Waals surface area contributed by atoms with E-state index in [1.54, 1.807) is 0 Å². The van der Waals surface area contributed by atoms with Crippen molar-refractivity contribution >= 4 is 17.3 Å². The third-order valence-corrected chi connectivity index (χ3v) is 3.58. The van der Waals surface area contributed by atoms with Crippen LogP contribution in [0.15, 0.2) is 36.5 Å². The van der Waals surface area contributed by atoms with Crippen LogP contribution in [0.5, 0.6) is 0 Å². The number of hydrogen-bond acceptors (Lipinski definition) is 5. The number of aromatic nitrogens is 2. The van der Waals surface area contributed by atoms with Crippen LogP contribution in [-0.2, 0) is 0 Å². The first-order chi connectivity index (χ1) is 9.72. The quantitative estimate of drug-likeness (QED) is 0.841. The van der Waals surface area contributed by atoms with E-state index in [4.69, 9.17) is 5.73 Å². The topological polar surface area (TPSA) is 58.3 Å². The fourth-order valence-electron chi connectivity index (χ4n) is 2.47. The van der Waals surface area contributed by atoms with Crippen molar-refractivity contribution in [2.75, 3.05) is 41.7 Å². The molecular formula is C15H19N5. The lowest BCUT2D eigenvalue weighted by atomic mass is 10.2. The van der Waals surface area contributed by atoms with Crippen LogP contribution < -0.4 is 15.5 Å². The van der Waals surface area contributed by atoms with Gasteiger partial charge in [0, 0.05) is 49.4 Å². The molecule has 0 saturated carbocycles. The Kier molecular flexibility index (Phi) is 3.41. The SMILES string of the molecule is Cc1ccnc(N2CCN(c3cccc(N)c3)CC2)n1. The van der Waals surface area contributed by atoms with Crippen molar-refractivity contribution in [1.82, 2.24) is 9.97 Å². The first-order valence-electron chi connectivity index (χ1n) is 6.87. The summed E-state index contributed by atoms with van der Waals surface area (Å²) < 4.78 is 0. The van der Waals surface area contributed by atoms with Crippen LogP contribution >= 0.6 is 0 Å². The molecule has 0 bridgehead atoms. The Morgan fingerprint density at radius 2 is 1.80 bits per heavy atom.